The topological polar surface area (TPSA) is 151 Å². The number of hydrogen-bond acceptors (Lipinski definition) is 9. The van der Waals surface area contributed by atoms with Crippen molar-refractivity contribution < 1.29 is 28.4 Å². The lowest BCUT2D eigenvalue weighted by Gasteiger charge is -2.32. The number of hydrogen-bond donors (Lipinski definition) is 2. The van der Waals surface area contributed by atoms with Crippen LogP contribution in [0, 0.1) is 17.2 Å². The van der Waals surface area contributed by atoms with Gasteiger partial charge >= 0.3 is 13.1 Å². The zero-order chi connectivity index (χ0) is 26.3. The Labute approximate surface area is 210 Å². The molecule has 0 radical (unpaired) electrons. The molecule has 2 aliphatic rings. The second kappa shape index (κ2) is 9.57. The van der Waals surface area contributed by atoms with E-state index in [4.69, 9.17) is 24.5 Å². The van der Waals surface area contributed by atoms with E-state index in [1.165, 1.54) is 13.3 Å². The summed E-state index contributed by atoms with van der Waals surface area (Å²) in [5, 5.41) is 17.2. The number of nitrogens with two attached hydrogens (primary N) is 1. The maximum absolute atomic E-state index is 12.5. The largest absolute Gasteiger partial charge is 0.495 e. The van der Waals surface area contributed by atoms with Crippen LogP contribution in [0.3, 0.4) is 0 Å². The second-order valence-electron chi connectivity index (χ2n) is 9.91. The monoisotopic (exact) mass is 495 g/mol. The molecule has 1 aromatic carbocycles. The van der Waals surface area contributed by atoms with E-state index < -0.39 is 30.2 Å². The Bertz CT molecular complexity index is 1200. The Morgan fingerprint density at radius 1 is 1.25 bits per heavy atom. The Morgan fingerprint density at radius 2 is 1.94 bits per heavy atom. The maximum Gasteiger partial charge on any atom is 0.495 e. The normalized spacial score (nSPS) is 22.6. The van der Waals surface area contributed by atoms with Gasteiger partial charge in [-0.15, -0.1) is 0 Å². The molecule has 0 unspecified atom stereocenters. The number of benzene rings is 1. The first-order valence-electron chi connectivity index (χ1n) is 11.7. The van der Waals surface area contributed by atoms with Gasteiger partial charge in [0, 0.05) is 18.5 Å². The predicted molar refractivity (Wildman–Crippen MR) is 131 cm³/mol. The minimum atomic E-state index is -0.824. The minimum Gasteiger partial charge on any atom is -0.465 e. The van der Waals surface area contributed by atoms with E-state index in [9.17, 15) is 14.9 Å². The van der Waals surface area contributed by atoms with Crippen molar-refractivity contribution in [3.05, 3.63) is 35.5 Å². The SMILES string of the molecule is COC(=O)c1ccc(Nc2nn([C@H]3COCC[C@@H]3C#N)cc2C(N)=O)cc1B1OC(C)(C)C(C)(C)O1. The summed E-state index contributed by atoms with van der Waals surface area (Å²) in [6.45, 7) is 8.48. The second-order valence-corrected chi connectivity index (χ2v) is 9.91. The minimum absolute atomic E-state index is 0.159. The number of anilines is 2. The van der Waals surface area contributed by atoms with Crippen molar-refractivity contribution in [3.8, 4) is 6.07 Å². The van der Waals surface area contributed by atoms with E-state index in [1.807, 2.05) is 27.7 Å². The number of nitrogens with zero attached hydrogens (tertiary/aromatic N) is 3. The quantitative estimate of drug-likeness (QED) is 0.452. The number of methoxy groups -OCH3 is 1. The zero-order valence-corrected chi connectivity index (χ0v) is 21.0. The van der Waals surface area contributed by atoms with Crippen LogP contribution < -0.4 is 16.5 Å². The van der Waals surface area contributed by atoms with E-state index in [0.717, 1.165) is 0 Å². The number of amides is 1. The third-order valence-electron chi connectivity index (χ3n) is 7.06. The molecule has 12 heteroatoms. The van der Waals surface area contributed by atoms with Gasteiger partial charge in [0.2, 0.25) is 0 Å². The lowest BCUT2D eigenvalue weighted by atomic mass is 9.75. The third kappa shape index (κ3) is 4.69. The van der Waals surface area contributed by atoms with Crippen LogP contribution >= 0.6 is 0 Å². The van der Waals surface area contributed by atoms with Crippen molar-refractivity contribution in [2.24, 2.45) is 11.7 Å². The van der Waals surface area contributed by atoms with Crippen molar-refractivity contribution in [2.45, 2.75) is 51.4 Å². The van der Waals surface area contributed by atoms with Gasteiger partial charge in [-0.1, -0.05) is 0 Å². The first-order valence-corrected chi connectivity index (χ1v) is 11.7. The molecule has 2 aliphatic heterocycles. The molecule has 1 amide bonds. The summed E-state index contributed by atoms with van der Waals surface area (Å²) < 4.78 is 24.4. The van der Waals surface area contributed by atoms with Gasteiger partial charge in [0.1, 0.15) is 5.56 Å². The summed E-state index contributed by atoms with van der Waals surface area (Å²) in [6, 6.07) is 6.88. The average Bonchev–Trinajstić information content (AvgIpc) is 3.35. The van der Waals surface area contributed by atoms with Gasteiger partial charge in [-0.2, -0.15) is 10.4 Å². The number of carbonyl (C=O) groups is 2. The molecule has 0 spiro atoms. The van der Waals surface area contributed by atoms with Gasteiger partial charge in [-0.25, -0.2) is 4.79 Å². The van der Waals surface area contributed by atoms with Crippen molar-refractivity contribution in [1.82, 2.24) is 9.78 Å². The van der Waals surface area contributed by atoms with E-state index in [2.05, 4.69) is 16.5 Å². The molecule has 0 saturated carbocycles. The molecule has 2 atom stereocenters. The number of ether oxygens (including phenoxy) is 2. The molecule has 0 aliphatic carbocycles. The van der Waals surface area contributed by atoms with Gasteiger partial charge in [0.15, 0.2) is 5.82 Å². The van der Waals surface area contributed by atoms with Crippen molar-refractivity contribution >= 4 is 36.0 Å². The summed E-state index contributed by atoms with van der Waals surface area (Å²) >= 11 is 0. The Kier molecular flexibility index (Phi) is 6.83. The molecule has 2 saturated heterocycles. The Hall–Kier alpha value is -3.40. The average molecular weight is 495 g/mol. The molecule has 1 aromatic heterocycles. The van der Waals surface area contributed by atoms with Crippen LogP contribution in [-0.2, 0) is 18.8 Å². The molecule has 190 valence electrons. The molecule has 0 bridgehead atoms. The fourth-order valence-corrected chi connectivity index (χ4v) is 4.21. The van der Waals surface area contributed by atoms with Gasteiger partial charge < -0.3 is 29.8 Å². The molecule has 36 heavy (non-hydrogen) atoms. The molecule has 4 rings (SSSR count). The molecule has 2 aromatic rings. The molecular weight excluding hydrogens is 465 g/mol. The van der Waals surface area contributed by atoms with Crippen LogP contribution in [0.2, 0.25) is 0 Å². The van der Waals surface area contributed by atoms with Crippen LogP contribution in [0.1, 0.15) is 60.9 Å². The highest BCUT2D eigenvalue weighted by atomic mass is 16.7. The van der Waals surface area contributed by atoms with Gasteiger partial charge in [-0.05, 0) is 57.8 Å². The van der Waals surface area contributed by atoms with Crippen molar-refractivity contribution in [2.75, 3.05) is 25.6 Å². The first-order chi connectivity index (χ1) is 17.0. The number of primary amides is 1. The number of rotatable bonds is 6. The van der Waals surface area contributed by atoms with E-state index >= 15 is 0 Å². The summed E-state index contributed by atoms with van der Waals surface area (Å²) in [7, 11) is 0.479. The Balaban J connectivity index is 1.70. The standard InChI is InChI=1S/C24H30BN5O6/c1-23(2)24(3,4)36-25(35-23)18-10-15(6-7-16(18)22(32)33-5)28-21-17(20(27)31)12-30(29-21)19-13-34-9-8-14(19)11-26/h6-7,10,12,14,19H,8-9,13H2,1-5H3,(H2,27,31)(H,28,29)/t14-,19+/m1/s1. The summed E-state index contributed by atoms with van der Waals surface area (Å²) in [5.74, 6) is -1.29. The summed E-state index contributed by atoms with van der Waals surface area (Å²) in [5.41, 5.74) is 5.82. The van der Waals surface area contributed by atoms with Gasteiger partial charge in [0.25, 0.3) is 5.91 Å². The molecular formula is C24H30BN5O6. The zero-order valence-electron chi connectivity index (χ0n) is 21.0. The van der Waals surface area contributed by atoms with Crippen LogP contribution in [-0.4, -0.2) is 60.3 Å². The van der Waals surface area contributed by atoms with E-state index in [-0.39, 0.29) is 23.3 Å². The molecule has 3 heterocycles. The van der Waals surface area contributed by atoms with E-state index in [1.54, 1.807) is 22.9 Å². The van der Waals surface area contributed by atoms with Gasteiger partial charge in [-0.3, -0.25) is 9.48 Å². The fourth-order valence-electron chi connectivity index (χ4n) is 4.21. The lowest BCUT2D eigenvalue weighted by molar-refractivity contribution is 0.00578. The van der Waals surface area contributed by atoms with Crippen LogP contribution in [0.25, 0.3) is 0 Å². The summed E-state index contributed by atoms with van der Waals surface area (Å²) in [6.07, 6.45) is 2.09. The van der Waals surface area contributed by atoms with Crippen LogP contribution in [0.15, 0.2) is 24.4 Å². The highest BCUT2D eigenvalue weighted by Gasteiger charge is 2.52. The molecule has 2 fully saturated rings. The van der Waals surface area contributed by atoms with Crippen LogP contribution in [0.5, 0.6) is 0 Å². The number of aromatic nitrogens is 2. The maximum atomic E-state index is 12.5. The van der Waals surface area contributed by atoms with E-state index in [0.29, 0.717) is 36.3 Å². The van der Waals surface area contributed by atoms with Crippen molar-refractivity contribution in [3.63, 3.8) is 0 Å². The lowest BCUT2D eigenvalue weighted by Crippen LogP contribution is -2.41. The predicted octanol–water partition coefficient (Wildman–Crippen LogP) is 1.91. The molecule has 11 nitrogen and oxygen atoms in total. The summed E-state index contributed by atoms with van der Waals surface area (Å²) in [4.78, 5) is 24.7. The number of esters is 1. The third-order valence-corrected chi connectivity index (χ3v) is 7.06. The van der Waals surface area contributed by atoms with Gasteiger partial charge in [0.05, 0.1) is 48.5 Å². The number of nitrogens with one attached hydrogen (secondary N) is 1. The Morgan fingerprint density at radius 3 is 2.56 bits per heavy atom. The highest BCUT2D eigenvalue weighted by Crippen LogP contribution is 2.37. The number of carbonyl (C=O) groups excluding carboxylic acids is 2. The first kappa shape index (κ1) is 25.7. The highest BCUT2D eigenvalue weighted by molar-refractivity contribution is 6.63. The number of nitriles is 1. The molecule has 3 N–H and O–H groups in total. The van der Waals surface area contributed by atoms with Crippen LogP contribution in [0.4, 0.5) is 11.5 Å². The fraction of sp³-hybridized carbons (Fsp3) is 0.500. The smallest absolute Gasteiger partial charge is 0.465 e. The van der Waals surface area contributed by atoms with Crippen molar-refractivity contribution in [1.29, 1.82) is 5.26 Å².